The summed E-state index contributed by atoms with van der Waals surface area (Å²) in [4.78, 5) is 12.1. The lowest BCUT2D eigenvalue weighted by atomic mass is 10.1. The van der Waals surface area contributed by atoms with E-state index in [1.54, 1.807) is 30.3 Å². The molecule has 0 unspecified atom stereocenters. The van der Waals surface area contributed by atoms with E-state index in [-0.39, 0.29) is 18.1 Å². The molecule has 0 atom stereocenters. The highest BCUT2D eigenvalue weighted by atomic mass is 16.5. The van der Waals surface area contributed by atoms with Crippen LogP contribution in [-0.2, 0) is 11.2 Å². The lowest BCUT2D eigenvalue weighted by Gasteiger charge is -2.05. The Labute approximate surface area is 147 Å². The summed E-state index contributed by atoms with van der Waals surface area (Å²) in [5.74, 6) is 2.64. The van der Waals surface area contributed by atoms with Crippen molar-refractivity contribution in [3.8, 4) is 24.2 Å². The van der Waals surface area contributed by atoms with Crippen molar-refractivity contribution < 1.29 is 9.53 Å². The quantitative estimate of drug-likeness (QED) is 0.482. The zero-order valence-electron chi connectivity index (χ0n) is 13.7. The number of terminal acetylenes is 1. The molecule has 124 valence electrons. The van der Waals surface area contributed by atoms with Crippen LogP contribution in [0.15, 0.2) is 60.2 Å². The maximum Gasteiger partial charge on any atom is 0.261 e. The first kappa shape index (κ1) is 17.8. The predicted molar refractivity (Wildman–Crippen MR) is 97.5 cm³/mol. The minimum Gasteiger partial charge on any atom is -0.481 e. The topological polar surface area (TPSA) is 62.1 Å². The van der Waals surface area contributed by atoms with Gasteiger partial charge in [-0.05, 0) is 35.8 Å². The van der Waals surface area contributed by atoms with Gasteiger partial charge in [0.25, 0.3) is 5.91 Å². The van der Waals surface area contributed by atoms with Crippen molar-refractivity contribution in [2.45, 2.75) is 6.42 Å². The van der Waals surface area contributed by atoms with Crippen molar-refractivity contribution >= 4 is 12.0 Å². The molecule has 0 saturated carbocycles. The molecule has 1 N–H and O–H groups in total. The molecule has 2 aromatic carbocycles. The Balaban J connectivity index is 1.93. The molecule has 4 nitrogen and oxygen atoms in total. The fraction of sp³-hybridized carbons (Fsp3) is 0.143. The van der Waals surface area contributed by atoms with Gasteiger partial charge in [0.1, 0.15) is 24.0 Å². The van der Waals surface area contributed by atoms with E-state index < -0.39 is 0 Å². The molecule has 0 spiro atoms. The number of hydrogen-bond donors (Lipinski definition) is 1. The number of carbonyl (C=O) groups is 1. The molecule has 0 heterocycles. The van der Waals surface area contributed by atoms with Crippen molar-refractivity contribution in [2.75, 3.05) is 13.2 Å². The van der Waals surface area contributed by atoms with Crippen molar-refractivity contribution in [3.05, 3.63) is 71.3 Å². The van der Waals surface area contributed by atoms with Crippen LogP contribution in [0.25, 0.3) is 6.08 Å². The monoisotopic (exact) mass is 330 g/mol. The maximum atomic E-state index is 12.1. The SMILES string of the molecule is C#CCOc1ccc(/C=C(/C#N)C(=O)NCCc2ccccc2)cc1. The molecule has 0 aromatic heterocycles. The highest BCUT2D eigenvalue weighted by Crippen LogP contribution is 2.14. The Morgan fingerprint density at radius 1 is 1.16 bits per heavy atom. The third-order valence-electron chi connectivity index (χ3n) is 3.42. The number of nitrogens with zero attached hydrogens (tertiary/aromatic N) is 1. The Morgan fingerprint density at radius 3 is 2.52 bits per heavy atom. The number of nitriles is 1. The van der Waals surface area contributed by atoms with Gasteiger partial charge in [-0.1, -0.05) is 48.4 Å². The van der Waals surface area contributed by atoms with Gasteiger partial charge in [0, 0.05) is 6.54 Å². The molecule has 0 fully saturated rings. The van der Waals surface area contributed by atoms with Gasteiger partial charge in [0.2, 0.25) is 0 Å². The predicted octanol–water partition coefficient (Wildman–Crippen LogP) is 2.96. The third-order valence-corrected chi connectivity index (χ3v) is 3.42. The van der Waals surface area contributed by atoms with E-state index in [1.165, 1.54) is 0 Å². The fourth-order valence-corrected chi connectivity index (χ4v) is 2.16. The Hall–Kier alpha value is -3.50. The fourth-order valence-electron chi connectivity index (χ4n) is 2.16. The average molecular weight is 330 g/mol. The molecular weight excluding hydrogens is 312 g/mol. The first-order valence-corrected chi connectivity index (χ1v) is 7.83. The highest BCUT2D eigenvalue weighted by molar-refractivity contribution is 6.01. The van der Waals surface area contributed by atoms with Crippen molar-refractivity contribution in [1.29, 1.82) is 5.26 Å². The van der Waals surface area contributed by atoms with Gasteiger partial charge in [0.05, 0.1) is 0 Å². The van der Waals surface area contributed by atoms with Gasteiger partial charge in [-0.25, -0.2) is 0 Å². The maximum absolute atomic E-state index is 12.1. The molecule has 4 heteroatoms. The first-order valence-electron chi connectivity index (χ1n) is 7.83. The summed E-state index contributed by atoms with van der Waals surface area (Å²) in [5.41, 5.74) is 1.93. The van der Waals surface area contributed by atoms with Crippen LogP contribution in [0.5, 0.6) is 5.75 Å². The zero-order chi connectivity index (χ0) is 17.9. The highest BCUT2D eigenvalue weighted by Gasteiger charge is 2.08. The molecule has 1 amide bonds. The molecular formula is C21H18N2O2. The van der Waals surface area contributed by atoms with Gasteiger partial charge < -0.3 is 10.1 Å². The number of nitrogens with one attached hydrogen (secondary N) is 1. The van der Waals surface area contributed by atoms with E-state index >= 15 is 0 Å². The normalized spacial score (nSPS) is 10.4. The van der Waals surface area contributed by atoms with Crippen LogP contribution in [0.1, 0.15) is 11.1 Å². The molecule has 0 aliphatic carbocycles. The van der Waals surface area contributed by atoms with E-state index in [0.29, 0.717) is 18.7 Å². The summed E-state index contributed by atoms with van der Waals surface area (Å²) in [6.45, 7) is 0.670. The van der Waals surface area contributed by atoms with Crippen molar-refractivity contribution in [1.82, 2.24) is 5.32 Å². The van der Waals surface area contributed by atoms with Crippen LogP contribution in [0.3, 0.4) is 0 Å². The zero-order valence-corrected chi connectivity index (χ0v) is 13.7. The van der Waals surface area contributed by atoms with E-state index in [0.717, 1.165) is 11.1 Å². The first-order chi connectivity index (χ1) is 12.2. The van der Waals surface area contributed by atoms with Crippen LogP contribution < -0.4 is 10.1 Å². The van der Waals surface area contributed by atoms with Crippen molar-refractivity contribution in [2.24, 2.45) is 0 Å². The Kier molecular flexibility index (Phi) is 6.85. The summed E-state index contributed by atoms with van der Waals surface area (Å²) in [7, 11) is 0. The molecule has 2 aromatic rings. The Bertz CT molecular complexity index is 810. The molecule has 0 aliphatic rings. The van der Waals surface area contributed by atoms with Crippen LogP contribution in [0.4, 0.5) is 0 Å². The summed E-state index contributed by atoms with van der Waals surface area (Å²) in [5, 5.41) is 12.0. The van der Waals surface area contributed by atoms with Crippen LogP contribution in [-0.4, -0.2) is 19.1 Å². The second kappa shape index (κ2) is 9.60. The van der Waals surface area contributed by atoms with Crippen LogP contribution >= 0.6 is 0 Å². The van der Waals surface area contributed by atoms with Gasteiger partial charge in [-0.3, -0.25) is 4.79 Å². The summed E-state index contributed by atoms with van der Waals surface area (Å²) < 4.78 is 5.28. The molecule has 25 heavy (non-hydrogen) atoms. The number of benzene rings is 2. The third kappa shape index (κ3) is 5.89. The minimum atomic E-state index is -0.383. The van der Waals surface area contributed by atoms with Gasteiger partial charge in [-0.2, -0.15) is 5.26 Å². The van der Waals surface area contributed by atoms with E-state index in [2.05, 4.69) is 11.2 Å². The number of hydrogen-bond acceptors (Lipinski definition) is 3. The molecule has 0 aliphatic heterocycles. The van der Waals surface area contributed by atoms with Crippen molar-refractivity contribution in [3.63, 3.8) is 0 Å². The summed E-state index contributed by atoms with van der Waals surface area (Å²) >= 11 is 0. The largest absolute Gasteiger partial charge is 0.481 e. The average Bonchev–Trinajstić information content (AvgIpc) is 2.66. The Morgan fingerprint density at radius 2 is 1.88 bits per heavy atom. The van der Waals surface area contributed by atoms with E-state index in [1.807, 2.05) is 36.4 Å². The second-order valence-corrected chi connectivity index (χ2v) is 5.22. The number of ether oxygens (including phenoxy) is 1. The van der Waals surface area contributed by atoms with E-state index in [4.69, 9.17) is 11.2 Å². The van der Waals surface area contributed by atoms with E-state index in [9.17, 15) is 10.1 Å². The van der Waals surface area contributed by atoms with Gasteiger partial charge in [0.15, 0.2) is 0 Å². The lowest BCUT2D eigenvalue weighted by Crippen LogP contribution is -2.26. The molecule has 0 bridgehead atoms. The second-order valence-electron chi connectivity index (χ2n) is 5.22. The smallest absolute Gasteiger partial charge is 0.261 e. The molecule has 0 saturated heterocycles. The standard InChI is InChI=1S/C21H18N2O2/c1-2-14-25-20-10-8-18(9-11-20)15-19(16-22)21(24)23-13-12-17-6-4-3-5-7-17/h1,3-11,15H,12-14H2,(H,23,24)/b19-15-. The van der Waals surface area contributed by atoms with Gasteiger partial charge >= 0.3 is 0 Å². The van der Waals surface area contributed by atoms with Gasteiger partial charge in [-0.15, -0.1) is 6.42 Å². The molecule has 0 radical (unpaired) electrons. The summed E-state index contributed by atoms with van der Waals surface area (Å²) in [6, 6.07) is 18.8. The van der Waals surface area contributed by atoms with Crippen LogP contribution in [0, 0.1) is 23.7 Å². The molecule has 2 rings (SSSR count). The number of amides is 1. The van der Waals surface area contributed by atoms with Crippen LogP contribution in [0.2, 0.25) is 0 Å². The number of carbonyl (C=O) groups excluding carboxylic acids is 1. The minimum absolute atomic E-state index is 0.0605. The lowest BCUT2D eigenvalue weighted by molar-refractivity contribution is -0.117. The number of rotatable bonds is 7. The summed E-state index contributed by atoms with van der Waals surface area (Å²) in [6.07, 6.45) is 7.39.